The van der Waals surface area contributed by atoms with Gasteiger partial charge >= 0.3 is 0 Å². The summed E-state index contributed by atoms with van der Waals surface area (Å²) in [7, 11) is 0. The molecular formula is C12H16BrNO. The molecule has 1 aromatic carbocycles. The van der Waals surface area contributed by atoms with E-state index in [1.165, 1.54) is 0 Å². The fourth-order valence-corrected chi connectivity index (χ4v) is 1.55. The van der Waals surface area contributed by atoms with Crippen molar-refractivity contribution in [3.05, 3.63) is 40.4 Å². The Morgan fingerprint density at radius 2 is 2.27 bits per heavy atom. The van der Waals surface area contributed by atoms with Gasteiger partial charge < -0.3 is 10.5 Å². The molecule has 0 amide bonds. The second-order valence-electron chi connectivity index (χ2n) is 3.72. The zero-order valence-corrected chi connectivity index (χ0v) is 10.7. The van der Waals surface area contributed by atoms with Crippen LogP contribution in [0.25, 0.3) is 0 Å². The molecule has 0 fully saturated rings. The van der Waals surface area contributed by atoms with Crippen molar-refractivity contribution in [2.75, 3.05) is 6.61 Å². The summed E-state index contributed by atoms with van der Waals surface area (Å²) in [6, 6.07) is 5.84. The van der Waals surface area contributed by atoms with Gasteiger partial charge in [0.25, 0.3) is 0 Å². The van der Waals surface area contributed by atoms with Gasteiger partial charge in [-0.15, -0.1) is 0 Å². The highest BCUT2D eigenvalue weighted by atomic mass is 79.9. The van der Waals surface area contributed by atoms with Crippen molar-refractivity contribution in [3.8, 4) is 5.75 Å². The van der Waals surface area contributed by atoms with Crippen LogP contribution in [0.1, 0.15) is 25.5 Å². The summed E-state index contributed by atoms with van der Waals surface area (Å²) in [5.74, 6) is 0.822. The minimum Gasteiger partial charge on any atom is -0.489 e. The van der Waals surface area contributed by atoms with Crippen molar-refractivity contribution in [1.82, 2.24) is 0 Å². The average Bonchev–Trinajstić information content (AvgIpc) is 2.14. The molecule has 0 aliphatic rings. The van der Waals surface area contributed by atoms with Crippen LogP contribution in [0.5, 0.6) is 5.75 Å². The van der Waals surface area contributed by atoms with Crippen molar-refractivity contribution < 1.29 is 4.74 Å². The van der Waals surface area contributed by atoms with E-state index in [1.807, 2.05) is 32.0 Å². The molecular weight excluding hydrogens is 254 g/mol. The van der Waals surface area contributed by atoms with E-state index in [4.69, 9.17) is 10.5 Å². The van der Waals surface area contributed by atoms with E-state index in [0.29, 0.717) is 6.61 Å². The fraction of sp³-hybridized carbons (Fsp3) is 0.333. The molecule has 0 radical (unpaired) electrons. The Hall–Kier alpha value is -0.800. The molecule has 0 aliphatic carbocycles. The maximum Gasteiger partial charge on any atom is 0.125 e. The van der Waals surface area contributed by atoms with Crippen molar-refractivity contribution in [1.29, 1.82) is 0 Å². The maximum atomic E-state index is 5.85. The lowest BCUT2D eigenvalue weighted by Crippen LogP contribution is -2.08. The predicted molar refractivity (Wildman–Crippen MR) is 67.1 cm³/mol. The van der Waals surface area contributed by atoms with Gasteiger partial charge in [-0.05, 0) is 31.6 Å². The first-order valence-electron chi connectivity index (χ1n) is 4.83. The number of halogens is 1. The zero-order valence-electron chi connectivity index (χ0n) is 9.09. The van der Waals surface area contributed by atoms with Crippen molar-refractivity contribution in [3.63, 3.8) is 0 Å². The van der Waals surface area contributed by atoms with E-state index in [0.717, 1.165) is 21.4 Å². The number of hydrogen-bond acceptors (Lipinski definition) is 2. The smallest absolute Gasteiger partial charge is 0.125 e. The largest absolute Gasteiger partial charge is 0.489 e. The molecule has 1 rings (SSSR count). The van der Waals surface area contributed by atoms with E-state index >= 15 is 0 Å². The monoisotopic (exact) mass is 269 g/mol. The number of benzene rings is 1. The Balaban J connectivity index is 2.91. The summed E-state index contributed by atoms with van der Waals surface area (Å²) < 4.78 is 6.62. The van der Waals surface area contributed by atoms with Gasteiger partial charge in [-0.3, -0.25) is 0 Å². The van der Waals surface area contributed by atoms with Gasteiger partial charge in [-0.1, -0.05) is 28.6 Å². The first-order chi connectivity index (χ1) is 7.00. The fourth-order valence-electron chi connectivity index (χ4n) is 1.21. The summed E-state index contributed by atoms with van der Waals surface area (Å²) >= 11 is 3.41. The van der Waals surface area contributed by atoms with E-state index in [1.54, 1.807) is 0 Å². The van der Waals surface area contributed by atoms with E-state index in [-0.39, 0.29) is 6.04 Å². The molecule has 82 valence electrons. The van der Waals surface area contributed by atoms with Crippen LogP contribution in [0.3, 0.4) is 0 Å². The number of ether oxygens (including phenoxy) is 1. The summed E-state index contributed by atoms with van der Waals surface area (Å²) in [5.41, 5.74) is 7.86. The zero-order chi connectivity index (χ0) is 11.4. The lowest BCUT2D eigenvalue weighted by molar-refractivity contribution is 0.346. The average molecular weight is 270 g/mol. The normalized spacial score (nSPS) is 12.3. The standard InChI is InChI=1S/C12H16BrNO/c1-8(2)7-15-12-6-10(13)4-5-11(12)9(3)14/h4-6,9H,1,7,14H2,2-3H3/t9-/m0/s1. The molecule has 0 saturated heterocycles. The molecule has 0 heterocycles. The predicted octanol–water partition coefficient (Wildman–Crippen LogP) is 3.42. The van der Waals surface area contributed by atoms with Crippen LogP contribution in [-0.4, -0.2) is 6.61 Å². The van der Waals surface area contributed by atoms with Crippen LogP contribution >= 0.6 is 15.9 Å². The Morgan fingerprint density at radius 1 is 1.60 bits per heavy atom. The molecule has 15 heavy (non-hydrogen) atoms. The summed E-state index contributed by atoms with van der Waals surface area (Å²) in [5, 5.41) is 0. The van der Waals surface area contributed by atoms with Crippen LogP contribution < -0.4 is 10.5 Å². The molecule has 2 N–H and O–H groups in total. The molecule has 0 aliphatic heterocycles. The Bertz CT molecular complexity index is 361. The van der Waals surface area contributed by atoms with E-state index in [2.05, 4.69) is 22.5 Å². The Kier molecular flexibility index (Phi) is 4.36. The molecule has 2 nitrogen and oxygen atoms in total. The van der Waals surface area contributed by atoms with Crippen molar-refractivity contribution in [2.24, 2.45) is 5.73 Å². The first-order valence-corrected chi connectivity index (χ1v) is 5.62. The maximum absolute atomic E-state index is 5.85. The van der Waals surface area contributed by atoms with Gasteiger partial charge in [0.2, 0.25) is 0 Å². The third kappa shape index (κ3) is 3.68. The second kappa shape index (κ2) is 5.33. The van der Waals surface area contributed by atoms with Gasteiger partial charge in [0.15, 0.2) is 0 Å². The minimum absolute atomic E-state index is 0.0294. The van der Waals surface area contributed by atoms with Gasteiger partial charge in [-0.2, -0.15) is 0 Å². The highest BCUT2D eigenvalue weighted by molar-refractivity contribution is 9.10. The van der Waals surface area contributed by atoms with Crippen LogP contribution in [0.15, 0.2) is 34.8 Å². The number of nitrogens with two attached hydrogens (primary N) is 1. The van der Waals surface area contributed by atoms with E-state index < -0.39 is 0 Å². The molecule has 0 saturated carbocycles. The lowest BCUT2D eigenvalue weighted by atomic mass is 10.1. The summed E-state index contributed by atoms with van der Waals surface area (Å²) in [4.78, 5) is 0. The third-order valence-corrected chi connectivity index (χ3v) is 2.43. The van der Waals surface area contributed by atoms with Gasteiger partial charge in [0.05, 0.1) is 0 Å². The second-order valence-corrected chi connectivity index (χ2v) is 4.63. The quantitative estimate of drug-likeness (QED) is 0.851. The van der Waals surface area contributed by atoms with Crippen LogP contribution in [0.2, 0.25) is 0 Å². The van der Waals surface area contributed by atoms with Crippen LogP contribution in [-0.2, 0) is 0 Å². The minimum atomic E-state index is -0.0294. The molecule has 0 spiro atoms. The Labute approximate surface area is 99.3 Å². The lowest BCUT2D eigenvalue weighted by Gasteiger charge is -2.14. The molecule has 0 bridgehead atoms. The number of hydrogen-bond donors (Lipinski definition) is 1. The SMILES string of the molecule is C=C(C)COc1cc(Br)ccc1[C@H](C)N. The molecule has 0 aromatic heterocycles. The highest BCUT2D eigenvalue weighted by Crippen LogP contribution is 2.27. The van der Waals surface area contributed by atoms with E-state index in [9.17, 15) is 0 Å². The number of rotatable bonds is 4. The summed E-state index contributed by atoms with van der Waals surface area (Å²) in [6.07, 6.45) is 0. The first kappa shape index (κ1) is 12.3. The molecule has 1 atom stereocenters. The van der Waals surface area contributed by atoms with Crippen LogP contribution in [0.4, 0.5) is 0 Å². The summed E-state index contributed by atoms with van der Waals surface area (Å²) in [6.45, 7) is 8.20. The molecule has 3 heteroatoms. The van der Waals surface area contributed by atoms with Crippen LogP contribution in [0, 0.1) is 0 Å². The van der Waals surface area contributed by atoms with Gasteiger partial charge in [0.1, 0.15) is 12.4 Å². The molecule has 1 aromatic rings. The third-order valence-electron chi connectivity index (χ3n) is 1.94. The van der Waals surface area contributed by atoms with Crippen molar-refractivity contribution in [2.45, 2.75) is 19.9 Å². The molecule has 0 unspecified atom stereocenters. The van der Waals surface area contributed by atoms with Crippen molar-refractivity contribution >= 4 is 15.9 Å². The Morgan fingerprint density at radius 3 is 2.80 bits per heavy atom. The topological polar surface area (TPSA) is 35.2 Å². The highest BCUT2D eigenvalue weighted by Gasteiger charge is 2.08. The van der Waals surface area contributed by atoms with Gasteiger partial charge in [-0.25, -0.2) is 0 Å². The van der Waals surface area contributed by atoms with Gasteiger partial charge in [0, 0.05) is 16.1 Å².